The fourth-order valence-corrected chi connectivity index (χ4v) is 0.639. The van der Waals surface area contributed by atoms with Crippen LogP contribution in [0.5, 0.6) is 0 Å². The van der Waals surface area contributed by atoms with Gasteiger partial charge in [0.05, 0.1) is 6.26 Å². The Morgan fingerprint density at radius 1 is 1.82 bits per heavy atom. The molecule has 0 spiro atoms. The maximum atomic E-state index is 10.4. The van der Waals surface area contributed by atoms with Gasteiger partial charge in [0.2, 0.25) is 0 Å². The summed E-state index contributed by atoms with van der Waals surface area (Å²) in [7, 11) is -3.74. The van der Waals surface area contributed by atoms with E-state index in [-0.39, 0.29) is 0 Å². The van der Waals surface area contributed by atoms with Crippen molar-refractivity contribution in [1.82, 2.24) is 0 Å². The molecule has 0 aliphatic heterocycles. The third kappa shape index (κ3) is 7.40. The number of hydrogen-bond donors (Lipinski definition) is 1. The molecular formula is C4H6O5S2. The van der Waals surface area contributed by atoms with Crippen LogP contribution in [0.1, 0.15) is 0 Å². The van der Waals surface area contributed by atoms with E-state index in [0.29, 0.717) is 0 Å². The summed E-state index contributed by atoms with van der Waals surface area (Å²) in [6.07, 6.45) is 0.883. The zero-order valence-electron chi connectivity index (χ0n) is 5.39. The predicted molar refractivity (Wildman–Crippen MR) is 40.4 cm³/mol. The van der Waals surface area contributed by atoms with Gasteiger partial charge in [-0.1, -0.05) is 6.58 Å². The molecule has 5 nitrogen and oxygen atoms in total. The molecule has 0 heterocycles. The van der Waals surface area contributed by atoms with Gasteiger partial charge in [0.15, 0.2) is 6.61 Å². The highest BCUT2D eigenvalue weighted by molar-refractivity contribution is 8.27. The maximum Gasteiger partial charge on any atom is 0.338 e. The van der Waals surface area contributed by atoms with Crippen LogP contribution in [0.3, 0.4) is 0 Å². The van der Waals surface area contributed by atoms with Gasteiger partial charge < -0.3 is 4.74 Å². The molecule has 0 aliphatic rings. The van der Waals surface area contributed by atoms with Crippen molar-refractivity contribution in [2.45, 2.75) is 0 Å². The lowest BCUT2D eigenvalue weighted by atomic mass is 10.7. The summed E-state index contributed by atoms with van der Waals surface area (Å²) in [6.45, 7) is 2.42. The van der Waals surface area contributed by atoms with E-state index in [1.54, 1.807) is 0 Å². The summed E-state index contributed by atoms with van der Waals surface area (Å²) >= 11 is 3.91. The highest BCUT2D eigenvalue weighted by Crippen LogP contribution is 1.88. The van der Waals surface area contributed by atoms with Gasteiger partial charge in [-0.25, -0.2) is 4.79 Å². The molecule has 0 bridgehead atoms. The largest absolute Gasteiger partial charge is 0.433 e. The van der Waals surface area contributed by atoms with Crippen molar-refractivity contribution < 1.29 is 22.5 Å². The van der Waals surface area contributed by atoms with Crippen molar-refractivity contribution >= 4 is 26.2 Å². The van der Waals surface area contributed by atoms with Gasteiger partial charge in [-0.3, -0.25) is 8.74 Å². The minimum atomic E-state index is -3.74. The molecule has 64 valence electrons. The minimum absolute atomic E-state index is 0.662. The van der Waals surface area contributed by atoms with Gasteiger partial charge in [-0.15, -0.1) is 0 Å². The average Bonchev–Trinajstić information content (AvgIpc) is 1.83. The third-order valence-corrected chi connectivity index (χ3v) is 1.24. The van der Waals surface area contributed by atoms with Gasteiger partial charge >= 0.3 is 5.97 Å². The monoisotopic (exact) mass is 198 g/mol. The smallest absolute Gasteiger partial charge is 0.338 e. The van der Waals surface area contributed by atoms with Crippen LogP contribution in [0, 0.1) is 0 Å². The van der Waals surface area contributed by atoms with E-state index in [4.69, 9.17) is 4.55 Å². The molecule has 0 amide bonds. The van der Waals surface area contributed by atoms with Gasteiger partial charge in [0.1, 0.15) is 0 Å². The quantitative estimate of drug-likeness (QED) is 0.499. The van der Waals surface area contributed by atoms with E-state index in [2.05, 4.69) is 26.7 Å². The Bertz CT molecular complexity index is 241. The Morgan fingerprint density at radius 3 is 2.73 bits per heavy atom. The molecule has 0 aliphatic carbocycles. The maximum absolute atomic E-state index is 10.4. The fraction of sp³-hybridized carbons (Fsp3) is 0.250. The average molecular weight is 198 g/mol. The first-order chi connectivity index (χ1) is 4.95. The zero-order chi connectivity index (χ0) is 8.91. The Kier molecular flexibility index (Phi) is 4.19. The van der Waals surface area contributed by atoms with E-state index in [1.165, 1.54) is 0 Å². The summed E-state index contributed by atoms with van der Waals surface area (Å²) in [5.74, 6) is -0.827. The Hall–Kier alpha value is -0.500. The molecule has 0 aromatic rings. The Balaban J connectivity index is 3.72. The van der Waals surface area contributed by atoms with Crippen LogP contribution in [0.25, 0.3) is 0 Å². The molecule has 1 atom stereocenters. The number of ether oxygens (including phenoxy) is 1. The van der Waals surface area contributed by atoms with Crippen LogP contribution >= 0.6 is 0 Å². The number of carbonyl (C=O) groups excluding carboxylic acids is 1. The van der Waals surface area contributed by atoms with E-state index >= 15 is 0 Å². The lowest BCUT2D eigenvalue weighted by molar-refractivity contribution is -0.140. The lowest BCUT2D eigenvalue weighted by Gasteiger charge is -1.98. The van der Waals surface area contributed by atoms with Gasteiger partial charge in [-0.2, -0.15) is 4.21 Å². The van der Waals surface area contributed by atoms with Gasteiger partial charge in [0, 0.05) is 11.2 Å². The standard InChI is InChI=1S/C4H6O5S2/c1-2-8-4(5)3-9-11(6,7)10/h2H,1,3H2,(H,6,7,10). The van der Waals surface area contributed by atoms with Gasteiger partial charge in [-0.05, 0) is 0 Å². The first-order valence-corrected chi connectivity index (χ1v) is 4.74. The van der Waals surface area contributed by atoms with Crippen molar-refractivity contribution in [1.29, 1.82) is 0 Å². The summed E-state index contributed by atoms with van der Waals surface area (Å²) in [5, 5.41) is 0. The van der Waals surface area contributed by atoms with Crippen molar-refractivity contribution in [3.8, 4) is 0 Å². The van der Waals surface area contributed by atoms with E-state index in [9.17, 15) is 9.00 Å². The molecule has 0 saturated carbocycles. The normalized spacial score (nSPS) is 15.0. The topological polar surface area (TPSA) is 72.8 Å². The summed E-state index contributed by atoms with van der Waals surface area (Å²) < 4.78 is 26.7. The highest BCUT2D eigenvalue weighted by Gasteiger charge is 2.05. The van der Waals surface area contributed by atoms with E-state index in [1.807, 2.05) is 0 Å². The Morgan fingerprint density at radius 2 is 2.36 bits per heavy atom. The van der Waals surface area contributed by atoms with Crippen LogP contribution in [-0.4, -0.2) is 21.3 Å². The first kappa shape index (κ1) is 10.5. The molecule has 11 heavy (non-hydrogen) atoms. The minimum Gasteiger partial charge on any atom is -0.433 e. The number of carbonyl (C=O) groups is 1. The zero-order valence-corrected chi connectivity index (χ0v) is 7.02. The number of hydrogen-bond acceptors (Lipinski definition) is 5. The molecule has 0 saturated heterocycles. The Labute approximate surface area is 68.7 Å². The van der Waals surface area contributed by atoms with Crippen molar-refractivity contribution in [2.75, 3.05) is 6.61 Å². The van der Waals surface area contributed by atoms with Gasteiger partial charge in [0.25, 0.3) is 9.05 Å². The van der Waals surface area contributed by atoms with E-state index in [0.717, 1.165) is 6.26 Å². The SMILES string of the molecule is C=COC(=O)COS(=O)(O)=S. The van der Waals surface area contributed by atoms with Crippen LogP contribution in [0.2, 0.25) is 0 Å². The van der Waals surface area contributed by atoms with Crippen molar-refractivity contribution in [2.24, 2.45) is 0 Å². The third-order valence-electron chi connectivity index (χ3n) is 0.540. The summed E-state index contributed by atoms with van der Waals surface area (Å²) in [5.41, 5.74) is 0. The number of rotatable bonds is 4. The van der Waals surface area contributed by atoms with Crippen molar-refractivity contribution in [3.63, 3.8) is 0 Å². The second-order valence-corrected chi connectivity index (χ2v) is 3.70. The molecule has 0 aromatic heterocycles. The molecule has 0 aromatic carbocycles. The molecule has 1 unspecified atom stereocenters. The van der Waals surface area contributed by atoms with Crippen LogP contribution < -0.4 is 0 Å². The lowest BCUT2D eigenvalue weighted by Crippen LogP contribution is -2.13. The van der Waals surface area contributed by atoms with Crippen LogP contribution in [-0.2, 0) is 34.0 Å². The predicted octanol–water partition coefficient (Wildman–Crippen LogP) is -0.176. The fourth-order valence-electron chi connectivity index (χ4n) is 0.250. The van der Waals surface area contributed by atoms with E-state index < -0.39 is 21.6 Å². The van der Waals surface area contributed by atoms with Crippen LogP contribution in [0.15, 0.2) is 12.8 Å². The first-order valence-electron chi connectivity index (χ1n) is 2.38. The summed E-state index contributed by atoms with van der Waals surface area (Å²) in [4.78, 5) is 10.4. The molecule has 1 N–H and O–H groups in total. The second kappa shape index (κ2) is 4.39. The number of esters is 1. The molecular weight excluding hydrogens is 192 g/mol. The van der Waals surface area contributed by atoms with Crippen LogP contribution in [0.4, 0.5) is 0 Å². The second-order valence-electron chi connectivity index (χ2n) is 1.35. The molecule has 0 radical (unpaired) electrons. The summed E-state index contributed by atoms with van der Waals surface area (Å²) in [6, 6.07) is 0. The highest BCUT2D eigenvalue weighted by atomic mass is 32.9. The van der Waals surface area contributed by atoms with Crippen molar-refractivity contribution in [3.05, 3.63) is 12.8 Å². The molecule has 0 rings (SSSR count). The molecule has 0 fully saturated rings. The molecule has 7 heteroatoms.